The fourth-order valence-corrected chi connectivity index (χ4v) is 2.18. The van der Waals surface area contributed by atoms with Gasteiger partial charge in [0.25, 0.3) is 0 Å². The van der Waals surface area contributed by atoms with E-state index in [1.54, 1.807) is 0 Å². The Morgan fingerprint density at radius 2 is 2.07 bits per heavy atom. The Bertz CT molecular complexity index is 133. The summed E-state index contributed by atoms with van der Waals surface area (Å²) in [5.41, 5.74) is 0. The molecule has 0 aromatic carbocycles. The number of hydrogen-bond acceptors (Lipinski definition) is 3. The zero-order valence-electron chi connectivity index (χ0n) is 8.84. The minimum atomic E-state index is 0.464. The highest BCUT2D eigenvalue weighted by Gasteiger charge is 2.18. The number of hydrogen-bond donors (Lipinski definition) is 1. The van der Waals surface area contributed by atoms with Crippen molar-refractivity contribution in [2.75, 3.05) is 32.9 Å². The van der Waals surface area contributed by atoms with Crippen LogP contribution in [0.3, 0.4) is 0 Å². The van der Waals surface area contributed by atoms with Gasteiger partial charge in [0, 0.05) is 19.8 Å². The lowest BCUT2D eigenvalue weighted by Crippen LogP contribution is -2.34. The molecule has 3 nitrogen and oxygen atoms in total. The highest BCUT2D eigenvalue weighted by molar-refractivity contribution is 4.70. The maximum Gasteiger partial charge on any atom is 0.0619 e. The molecule has 82 valence electrons. The Labute approximate surface area is 86.2 Å². The second-order valence-electron chi connectivity index (χ2n) is 4.36. The van der Waals surface area contributed by atoms with E-state index in [1.807, 2.05) is 0 Å². The quantitative estimate of drug-likeness (QED) is 0.740. The summed E-state index contributed by atoms with van der Waals surface area (Å²) in [6.07, 6.45) is 5.27. The molecule has 0 aromatic heterocycles. The summed E-state index contributed by atoms with van der Waals surface area (Å²) in [5, 5.41) is 3.42. The van der Waals surface area contributed by atoms with Gasteiger partial charge < -0.3 is 14.8 Å². The molecule has 0 unspecified atom stereocenters. The fraction of sp³-hybridized carbons (Fsp3) is 1.00. The topological polar surface area (TPSA) is 30.5 Å². The van der Waals surface area contributed by atoms with E-state index in [-0.39, 0.29) is 0 Å². The maximum absolute atomic E-state index is 5.90. The Balaban J connectivity index is 1.60. The van der Waals surface area contributed by atoms with E-state index in [2.05, 4.69) is 5.32 Å². The molecule has 2 rings (SSSR count). The van der Waals surface area contributed by atoms with Crippen LogP contribution in [0.4, 0.5) is 0 Å². The van der Waals surface area contributed by atoms with Crippen LogP contribution in [0.25, 0.3) is 0 Å². The van der Waals surface area contributed by atoms with E-state index in [0.717, 1.165) is 45.1 Å². The first-order chi connectivity index (χ1) is 6.95. The average molecular weight is 199 g/mol. The third-order valence-electron chi connectivity index (χ3n) is 3.13. The molecule has 0 bridgehead atoms. The molecule has 2 heterocycles. The van der Waals surface area contributed by atoms with Gasteiger partial charge in [-0.25, -0.2) is 0 Å². The Morgan fingerprint density at radius 1 is 1.21 bits per heavy atom. The van der Waals surface area contributed by atoms with Crippen LogP contribution in [0.15, 0.2) is 0 Å². The summed E-state index contributed by atoms with van der Waals surface area (Å²) in [6.45, 7) is 5.04. The SMILES string of the molecule is C1CNC[C@@H](COC2CCOCC2)C1. The molecule has 1 atom stereocenters. The summed E-state index contributed by atoms with van der Waals surface area (Å²) in [7, 11) is 0. The van der Waals surface area contributed by atoms with Crippen LogP contribution in [-0.2, 0) is 9.47 Å². The Kier molecular flexibility index (Phi) is 4.22. The van der Waals surface area contributed by atoms with Crippen LogP contribution in [0.1, 0.15) is 25.7 Å². The predicted octanol–water partition coefficient (Wildman–Crippen LogP) is 1.18. The summed E-state index contributed by atoms with van der Waals surface area (Å²) in [4.78, 5) is 0. The first-order valence-electron chi connectivity index (χ1n) is 5.85. The first kappa shape index (κ1) is 10.4. The van der Waals surface area contributed by atoms with Crippen molar-refractivity contribution in [1.82, 2.24) is 5.32 Å². The van der Waals surface area contributed by atoms with E-state index in [1.165, 1.54) is 19.4 Å². The molecule has 0 saturated carbocycles. The van der Waals surface area contributed by atoms with E-state index in [4.69, 9.17) is 9.47 Å². The molecule has 0 amide bonds. The molecule has 0 spiro atoms. The molecule has 2 aliphatic heterocycles. The van der Waals surface area contributed by atoms with Gasteiger partial charge in [0.05, 0.1) is 12.7 Å². The van der Waals surface area contributed by atoms with Crippen molar-refractivity contribution in [2.45, 2.75) is 31.8 Å². The van der Waals surface area contributed by atoms with Gasteiger partial charge in [-0.2, -0.15) is 0 Å². The molecule has 14 heavy (non-hydrogen) atoms. The van der Waals surface area contributed by atoms with Crippen LogP contribution in [-0.4, -0.2) is 39.0 Å². The molecule has 2 aliphatic rings. The maximum atomic E-state index is 5.90. The smallest absolute Gasteiger partial charge is 0.0619 e. The summed E-state index contributed by atoms with van der Waals surface area (Å²) in [5.74, 6) is 0.742. The number of piperidine rings is 1. The van der Waals surface area contributed by atoms with E-state index >= 15 is 0 Å². The normalized spacial score (nSPS) is 30.4. The summed E-state index contributed by atoms with van der Waals surface area (Å²) < 4.78 is 11.2. The zero-order valence-corrected chi connectivity index (χ0v) is 8.84. The van der Waals surface area contributed by atoms with Crippen molar-refractivity contribution < 1.29 is 9.47 Å². The van der Waals surface area contributed by atoms with Crippen LogP contribution in [0, 0.1) is 5.92 Å². The lowest BCUT2D eigenvalue weighted by atomic mass is 10.0. The monoisotopic (exact) mass is 199 g/mol. The first-order valence-corrected chi connectivity index (χ1v) is 5.85. The minimum Gasteiger partial charge on any atom is -0.381 e. The van der Waals surface area contributed by atoms with Crippen LogP contribution >= 0.6 is 0 Å². The number of ether oxygens (including phenoxy) is 2. The summed E-state index contributed by atoms with van der Waals surface area (Å²) in [6, 6.07) is 0. The Morgan fingerprint density at radius 3 is 2.79 bits per heavy atom. The molecule has 2 saturated heterocycles. The van der Waals surface area contributed by atoms with Crippen LogP contribution in [0.2, 0.25) is 0 Å². The predicted molar refractivity (Wildman–Crippen MR) is 55.4 cm³/mol. The number of nitrogens with one attached hydrogen (secondary N) is 1. The summed E-state index contributed by atoms with van der Waals surface area (Å²) >= 11 is 0. The van der Waals surface area contributed by atoms with Gasteiger partial charge in [0.2, 0.25) is 0 Å². The zero-order chi connectivity index (χ0) is 9.64. The van der Waals surface area contributed by atoms with E-state index in [9.17, 15) is 0 Å². The van der Waals surface area contributed by atoms with Gasteiger partial charge in [-0.15, -0.1) is 0 Å². The second kappa shape index (κ2) is 5.69. The van der Waals surface area contributed by atoms with Crippen LogP contribution < -0.4 is 5.32 Å². The second-order valence-corrected chi connectivity index (χ2v) is 4.36. The lowest BCUT2D eigenvalue weighted by Gasteiger charge is -2.27. The van der Waals surface area contributed by atoms with Crippen molar-refractivity contribution in [3.05, 3.63) is 0 Å². The van der Waals surface area contributed by atoms with Gasteiger partial charge in [0.15, 0.2) is 0 Å². The third kappa shape index (κ3) is 3.23. The van der Waals surface area contributed by atoms with Crippen molar-refractivity contribution in [3.8, 4) is 0 Å². The van der Waals surface area contributed by atoms with Crippen molar-refractivity contribution in [3.63, 3.8) is 0 Å². The van der Waals surface area contributed by atoms with Gasteiger partial charge >= 0.3 is 0 Å². The molecule has 0 radical (unpaired) electrons. The fourth-order valence-electron chi connectivity index (χ4n) is 2.18. The largest absolute Gasteiger partial charge is 0.381 e. The van der Waals surface area contributed by atoms with E-state index in [0.29, 0.717) is 6.10 Å². The van der Waals surface area contributed by atoms with Crippen molar-refractivity contribution in [2.24, 2.45) is 5.92 Å². The highest BCUT2D eigenvalue weighted by atomic mass is 16.5. The Hall–Kier alpha value is -0.120. The highest BCUT2D eigenvalue weighted by Crippen LogP contribution is 2.15. The number of rotatable bonds is 3. The lowest BCUT2D eigenvalue weighted by molar-refractivity contribution is -0.0446. The van der Waals surface area contributed by atoms with Crippen LogP contribution in [0.5, 0.6) is 0 Å². The third-order valence-corrected chi connectivity index (χ3v) is 3.13. The standard InChI is InChI=1S/C11H21NO2/c1-2-10(8-12-5-1)9-14-11-3-6-13-7-4-11/h10-12H,1-9H2/t10-/m0/s1. The van der Waals surface area contributed by atoms with Gasteiger partial charge in [-0.05, 0) is 38.1 Å². The molecular weight excluding hydrogens is 178 g/mol. The molecule has 3 heteroatoms. The van der Waals surface area contributed by atoms with Crippen molar-refractivity contribution in [1.29, 1.82) is 0 Å². The minimum absolute atomic E-state index is 0.464. The van der Waals surface area contributed by atoms with Gasteiger partial charge in [-0.3, -0.25) is 0 Å². The van der Waals surface area contributed by atoms with Crippen molar-refractivity contribution >= 4 is 0 Å². The molecule has 2 fully saturated rings. The molecule has 0 aromatic rings. The van der Waals surface area contributed by atoms with E-state index < -0.39 is 0 Å². The molecule has 1 N–H and O–H groups in total. The molecular formula is C11H21NO2. The van der Waals surface area contributed by atoms with Gasteiger partial charge in [-0.1, -0.05) is 0 Å². The average Bonchev–Trinajstić information content (AvgIpc) is 2.29. The van der Waals surface area contributed by atoms with Gasteiger partial charge in [0.1, 0.15) is 0 Å². The molecule has 0 aliphatic carbocycles.